The summed E-state index contributed by atoms with van der Waals surface area (Å²) >= 11 is 0. The van der Waals surface area contributed by atoms with Crippen LogP contribution in [0.25, 0.3) is 32.8 Å². The van der Waals surface area contributed by atoms with E-state index in [1.165, 1.54) is 0 Å². The zero-order chi connectivity index (χ0) is 14.7. The van der Waals surface area contributed by atoms with E-state index in [1.54, 1.807) is 6.20 Å². The van der Waals surface area contributed by atoms with Crippen LogP contribution in [0.4, 0.5) is 0 Å². The summed E-state index contributed by atoms with van der Waals surface area (Å²) < 4.78 is 13.0. The van der Waals surface area contributed by atoms with Gasteiger partial charge in [-0.25, -0.2) is 4.21 Å². The molecule has 4 heteroatoms. The molecule has 0 amide bonds. The number of nitrogens with zero attached hydrogens (tertiary/aromatic N) is 2. The molecular weight excluding hydrogens is 292 g/mol. The second kappa shape index (κ2) is 4.21. The van der Waals surface area contributed by atoms with E-state index in [-0.39, 0.29) is 0 Å². The highest BCUT2D eigenvalue weighted by molar-refractivity contribution is 7.85. The second-order valence-corrected chi connectivity index (χ2v) is 6.74. The molecule has 5 rings (SSSR count). The van der Waals surface area contributed by atoms with Gasteiger partial charge in [0.05, 0.1) is 26.3 Å². The average Bonchev–Trinajstić information content (AvgIpc) is 2.59. The Morgan fingerprint density at radius 2 is 1.77 bits per heavy atom. The zero-order valence-corrected chi connectivity index (χ0v) is 12.3. The summed E-state index contributed by atoms with van der Waals surface area (Å²) in [4.78, 5) is 10.4. The standard InChI is InChI=1S/C18H10N2OS/c21-22-15-4-2-1-3-14(15)18-17-13(6-8-20-18)12-5-7-19-10-11(12)9-16(17)22/h1-10H. The Labute approximate surface area is 129 Å². The normalized spacial score (nSPS) is 15.9. The Morgan fingerprint density at radius 3 is 2.73 bits per heavy atom. The molecule has 1 atom stereocenters. The molecule has 0 N–H and O–H groups in total. The lowest BCUT2D eigenvalue weighted by Gasteiger charge is -2.20. The fraction of sp³-hybridized carbons (Fsp3) is 0. The third-order valence-electron chi connectivity index (χ3n) is 4.17. The molecule has 0 saturated carbocycles. The topological polar surface area (TPSA) is 42.9 Å². The number of aromatic nitrogens is 2. The summed E-state index contributed by atoms with van der Waals surface area (Å²) in [5.74, 6) is 0. The predicted octanol–water partition coefficient (Wildman–Crippen LogP) is 3.93. The predicted molar refractivity (Wildman–Crippen MR) is 87.2 cm³/mol. The minimum Gasteiger partial charge on any atom is -0.264 e. The van der Waals surface area contributed by atoms with E-state index >= 15 is 0 Å². The zero-order valence-electron chi connectivity index (χ0n) is 11.5. The van der Waals surface area contributed by atoms with Gasteiger partial charge >= 0.3 is 0 Å². The van der Waals surface area contributed by atoms with Gasteiger partial charge in [0, 0.05) is 34.9 Å². The third-order valence-corrected chi connectivity index (χ3v) is 5.64. The molecular formula is C18H10N2OS. The number of benzene rings is 2. The van der Waals surface area contributed by atoms with Gasteiger partial charge in [0.2, 0.25) is 0 Å². The molecule has 0 fully saturated rings. The monoisotopic (exact) mass is 302 g/mol. The van der Waals surface area contributed by atoms with Gasteiger partial charge in [-0.3, -0.25) is 9.97 Å². The quantitative estimate of drug-likeness (QED) is 0.407. The maximum absolute atomic E-state index is 13.0. The van der Waals surface area contributed by atoms with Gasteiger partial charge in [0.15, 0.2) is 0 Å². The molecule has 0 bridgehead atoms. The highest BCUT2D eigenvalue weighted by Gasteiger charge is 2.25. The first kappa shape index (κ1) is 12.0. The van der Waals surface area contributed by atoms with Crippen molar-refractivity contribution in [1.82, 2.24) is 9.97 Å². The van der Waals surface area contributed by atoms with Crippen molar-refractivity contribution in [3.8, 4) is 11.3 Å². The van der Waals surface area contributed by atoms with E-state index in [1.807, 2.05) is 54.9 Å². The van der Waals surface area contributed by atoms with Crippen molar-refractivity contribution in [2.24, 2.45) is 0 Å². The molecule has 104 valence electrons. The van der Waals surface area contributed by atoms with Gasteiger partial charge < -0.3 is 0 Å². The molecule has 0 saturated heterocycles. The molecule has 2 aromatic carbocycles. The first-order valence-corrected chi connectivity index (χ1v) is 8.16. The Kier molecular flexibility index (Phi) is 2.30. The van der Waals surface area contributed by atoms with Crippen molar-refractivity contribution >= 4 is 32.3 Å². The number of hydrogen-bond acceptors (Lipinski definition) is 3. The first-order valence-electron chi connectivity index (χ1n) is 7.01. The minimum atomic E-state index is -1.19. The molecule has 0 radical (unpaired) electrons. The van der Waals surface area contributed by atoms with E-state index < -0.39 is 10.8 Å². The second-order valence-electron chi connectivity index (χ2n) is 5.32. The van der Waals surface area contributed by atoms with Gasteiger partial charge in [0.1, 0.15) is 0 Å². The lowest BCUT2D eigenvalue weighted by molar-refractivity contribution is 0.683. The number of hydrogen-bond donors (Lipinski definition) is 0. The molecule has 1 aliphatic heterocycles. The highest BCUT2D eigenvalue weighted by atomic mass is 32.2. The molecule has 3 heterocycles. The van der Waals surface area contributed by atoms with Crippen molar-refractivity contribution in [3.63, 3.8) is 0 Å². The van der Waals surface area contributed by atoms with Gasteiger partial charge in [-0.05, 0) is 35.0 Å². The summed E-state index contributed by atoms with van der Waals surface area (Å²) in [7, 11) is -1.19. The van der Waals surface area contributed by atoms with Crippen LogP contribution in [0, 0.1) is 0 Å². The van der Waals surface area contributed by atoms with Crippen LogP contribution in [-0.2, 0) is 10.8 Å². The first-order chi connectivity index (χ1) is 10.8. The van der Waals surface area contributed by atoms with E-state index in [9.17, 15) is 4.21 Å². The smallest absolute Gasteiger partial charge is 0.0863 e. The molecule has 0 aliphatic carbocycles. The highest BCUT2D eigenvalue weighted by Crippen LogP contribution is 2.43. The van der Waals surface area contributed by atoms with Crippen molar-refractivity contribution in [2.45, 2.75) is 9.79 Å². The van der Waals surface area contributed by atoms with Crippen LogP contribution in [0.1, 0.15) is 0 Å². The number of rotatable bonds is 0. The Hall–Kier alpha value is -2.59. The van der Waals surface area contributed by atoms with Gasteiger partial charge in [-0.2, -0.15) is 0 Å². The largest absolute Gasteiger partial charge is 0.264 e. The van der Waals surface area contributed by atoms with Crippen LogP contribution < -0.4 is 0 Å². The SMILES string of the molecule is O=S1c2ccccc2-c2nccc3c2c1cc1cnccc13. The van der Waals surface area contributed by atoms with E-state index in [0.717, 1.165) is 42.6 Å². The van der Waals surface area contributed by atoms with Crippen molar-refractivity contribution in [1.29, 1.82) is 0 Å². The van der Waals surface area contributed by atoms with E-state index in [2.05, 4.69) is 9.97 Å². The number of pyridine rings is 2. The summed E-state index contributed by atoms with van der Waals surface area (Å²) in [6, 6.07) is 13.8. The Bertz CT molecular complexity index is 1100. The van der Waals surface area contributed by atoms with Crippen LogP contribution in [0.15, 0.2) is 70.8 Å². The molecule has 2 aromatic heterocycles. The van der Waals surface area contributed by atoms with Crippen molar-refractivity contribution in [3.05, 3.63) is 61.1 Å². The van der Waals surface area contributed by atoms with Gasteiger partial charge in [-0.15, -0.1) is 0 Å². The van der Waals surface area contributed by atoms with E-state index in [0.29, 0.717) is 0 Å². The summed E-state index contributed by atoms with van der Waals surface area (Å²) in [6.45, 7) is 0. The molecule has 22 heavy (non-hydrogen) atoms. The average molecular weight is 302 g/mol. The van der Waals surface area contributed by atoms with E-state index in [4.69, 9.17) is 0 Å². The summed E-state index contributed by atoms with van der Waals surface area (Å²) in [5.41, 5.74) is 1.88. The molecule has 1 aliphatic rings. The fourth-order valence-corrected chi connectivity index (χ4v) is 4.64. The van der Waals surface area contributed by atoms with Crippen LogP contribution in [0.2, 0.25) is 0 Å². The van der Waals surface area contributed by atoms with Crippen molar-refractivity contribution in [2.75, 3.05) is 0 Å². The molecule has 1 unspecified atom stereocenters. The summed E-state index contributed by atoms with van der Waals surface area (Å²) in [6.07, 6.45) is 5.44. The minimum absolute atomic E-state index is 0.831. The fourth-order valence-electron chi connectivity index (χ4n) is 3.21. The third kappa shape index (κ3) is 1.42. The van der Waals surface area contributed by atoms with Crippen LogP contribution in [0.5, 0.6) is 0 Å². The number of fused-ring (bicyclic) bond motifs is 4. The lowest BCUT2D eigenvalue weighted by Crippen LogP contribution is -2.05. The Balaban J connectivity index is 2.09. The van der Waals surface area contributed by atoms with Crippen LogP contribution in [-0.4, -0.2) is 14.2 Å². The lowest BCUT2D eigenvalue weighted by atomic mass is 9.99. The molecule has 0 spiro atoms. The van der Waals surface area contributed by atoms with Crippen LogP contribution in [0.3, 0.4) is 0 Å². The maximum atomic E-state index is 13.0. The maximum Gasteiger partial charge on any atom is 0.0863 e. The Morgan fingerprint density at radius 1 is 0.909 bits per heavy atom. The van der Waals surface area contributed by atoms with Crippen molar-refractivity contribution < 1.29 is 4.21 Å². The van der Waals surface area contributed by atoms with Crippen LogP contribution >= 0.6 is 0 Å². The molecule has 4 aromatic rings. The van der Waals surface area contributed by atoms with Gasteiger partial charge in [-0.1, -0.05) is 18.2 Å². The molecule has 3 nitrogen and oxygen atoms in total. The summed E-state index contributed by atoms with van der Waals surface area (Å²) in [5, 5.41) is 4.21. The van der Waals surface area contributed by atoms with Gasteiger partial charge in [0.25, 0.3) is 0 Å².